The highest BCUT2D eigenvalue weighted by Gasteiger charge is 2.21. The minimum atomic E-state index is -2.33. The largest absolute Gasteiger partial charge is 0.494 e. The number of carbonyl (C=O) groups excluding carboxylic acids is 1. The molecular formula is C9H7F3O3. The van der Waals surface area contributed by atoms with Gasteiger partial charge in [-0.05, 0) is 12.1 Å². The van der Waals surface area contributed by atoms with Crippen LogP contribution < -0.4 is 4.74 Å². The lowest BCUT2D eigenvalue weighted by Crippen LogP contribution is -2.03. The van der Waals surface area contributed by atoms with Crippen LogP contribution in [0.25, 0.3) is 0 Å². The Hall–Kier alpha value is -1.72. The van der Waals surface area contributed by atoms with Gasteiger partial charge < -0.3 is 9.47 Å². The SMILES string of the molecule is COc1ccc(C(F)OC=O)c(F)c1F. The van der Waals surface area contributed by atoms with Crippen LogP contribution in [0.4, 0.5) is 13.2 Å². The number of rotatable bonds is 4. The third-order valence-corrected chi connectivity index (χ3v) is 1.72. The van der Waals surface area contributed by atoms with Crippen LogP contribution in [0.5, 0.6) is 5.75 Å². The number of halogens is 3. The first-order valence-electron chi connectivity index (χ1n) is 3.87. The van der Waals surface area contributed by atoms with Gasteiger partial charge in [0.05, 0.1) is 12.7 Å². The Morgan fingerprint density at radius 2 is 2.00 bits per heavy atom. The quantitative estimate of drug-likeness (QED) is 0.729. The number of benzene rings is 1. The van der Waals surface area contributed by atoms with Crippen molar-refractivity contribution < 1.29 is 27.4 Å². The lowest BCUT2D eigenvalue weighted by atomic mass is 10.2. The van der Waals surface area contributed by atoms with Crippen LogP contribution in [0.3, 0.4) is 0 Å². The minimum absolute atomic E-state index is 0.188. The second kappa shape index (κ2) is 4.68. The van der Waals surface area contributed by atoms with Gasteiger partial charge in [-0.15, -0.1) is 0 Å². The Kier molecular flexibility index (Phi) is 3.54. The van der Waals surface area contributed by atoms with E-state index in [1.54, 1.807) is 0 Å². The first-order valence-corrected chi connectivity index (χ1v) is 3.87. The molecule has 82 valence electrons. The van der Waals surface area contributed by atoms with Gasteiger partial charge in [-0.25, -0.2) is 4.39 Å². The fraction of sp³-hybridized carbons (Fsp3) is 0.222. The van der Waals surface area contributed by atoms with Gasteiger partial charge in [-0.2, -0.15) is 8.78 Å². The van der Waals surface area contributed by atoms with Crippen molar-refractivity contribution >= 4 is 6.47 Å². The second-order valence-corrected chi connectivity index (χ2v) is 2.53. The average molecular weight is 220 g/mol. The van der Waals surface area contributed by atoms with Crippen molar-refractivity contribution in [2.75, 3.05) is 7.11 Å². The van der Waals surface area contributed by atoms with E-state index in [0.29, 0.717) is 0 Å². The van der Waals surface area contributed by atoms with Gasteiger partial charge in [0.25, 0.3) is 12.8 Å². The summed E-state index contributed by atoms with van der Waals surface area (Å²) in [5, 5.41) is 0. The van der Waals surface area contributed by atoms with E-state index in [9.17, 15) is 18.0 Å². The predicted molar refractivity (Wildman–Crippen MR) is 43.9 cm³/mol. The van der Waals surface area contributed by atoms with Crippen LogP contribution in [-0.4, -0.2) is 13.6 Å². The van der Waals surface area contributed by atoms with Gasteiger partial charge in [0.15, 0.2) is 11.6 Å². The van der Waals surface area contributed by atoms with Crippen molar-refractivity contribution in [3.63, 3.8) is 0 Å². The summed E-state index contributed by atoms with van der Waals surface area (Å²) in [7, 11) is 1.15. The van der Waals surface area contributed by atoms with Crippen molar-refractivity contribution in [1.29, 1.82) is 0 Å². The van der Waals surface area contributed by atoms with E-state index in [2.05, 4.69) is 9.47 Å². The van der Waals surface area contributed by atoms with Gasteiger partial charge in [0.1, 0.15) is 0 Å². The molecule has 0 amide bonds. The van der Waals surface area contributed by atoms with E-state index in [1.807, 2.05) is 0 Å². The zero-order valence-electron chi connectivity index (χ0n) is 7.67. The molecule has 1 atom stereocenters. The molecule has 0 aromatic heterocycles. The molecule has 1 rings (SSSR count). The molecular weight excluding hydrogens is 213 g/mol. The molecule has 0 heterocycles. The third-order valence-electron chi connectivity index (χ3n) is 1.72. The molecule has 0 radical (unpaired) electrons. The number of hydrogen-bond acceptors (Lipinski definition) is 3. The van der Waals surface area contributed by atoms with Crippen molar-refractivity contribution in [1.82, 2.24) is 0 Å². The fourth-order valence-corrected chi connectivity index (χ4v) is 1.00. The molecule has 3 nitrogen and oxygen atoms in total. The Morgan fingerprint density at radius 1 is 1.33 bits per heavy atom. The smallest absolute Gasteiger partial charge is 0.295 e. The standard InChI is InChI=1S/C9H7F3O3/c1-14-6-3-2-5(7(10)8(6)11)9(12)15-4-13/h2-4,9H,1H3. The lowest BCUT2D eigenvalue weighted by Gasteiger charge is -2.09. The summed E-state index contributed by atoms with van der Waals surface area (Å²) in [5.41, 5.74) is -0.694. The molecule has 0 aliphatic heterocycles. The summed E-state index contributed by atoms with van der Waals surface area (Å²) >= 11 is 0. The lowest BCUT2D eigenvalue weighted by molar-refractivity contribution is -0.142. The van der Waals surface area contributed by atoms with Crippen molar-refractivity contribution in [2.45, 2.75) is 6.36 Å². The first-order chi connectivity index (χ1) is 7.11. The molecule has 1 aromatic rings. The molecule has 0 saturated heterocycles. The Balaban J connectivity index is 3.11. The highest BCUT2D eigenvalue weighted by molar-refractivity contribution is 5.39. The van der Waals surface area contributed by atoms with Gasteiger partial charge in [-0.1, -0.05) is 0 Å². The van der Waals surface area contributed by atoms with Crippen LogP contribution in [0.2, 0.25) is 0 Å². The van der Waals surface area contributed by atoms with Crippen LogP contribution in [0.1, 0.15) is 11.9 Å². The van der Waals surface area contributed by atoms with Gasteiger partial charge in [-0.3, -0.25) is 4.79 Å². The van der Waals surface area contributed by atoms with Crippen molar-refractivity contribution in [3.05, 3.63) is 29.3 Å². The Morgan fingerprint density at radius 3 is 2.53 bits per heavy atom. The van der Waals surface area contributed by atoms with E-state index in [0.717, 1.165) is 19.2 Å². The maximum absolute atomic E-state index is 13.1. The molecule has 0 bridgehead atoms. The van der Waals surface area contributed by atoms with Crippen LogP contribution in [-0.2, 0) is 9.53 Å². The Bertz CT molecular complexity index is 368. The summed E-state index contributed by atoms with van der Waals surface area (Å²) < 4.78 is 47.4. The van der Waals surface area contributed by atoms with Crippen molar-refractivity contribution in [3.8, 4) is 5.75 Å². The first kappa shape index (κ1) is 11.4. The summed E-state index contributed by atoms with van der Waals surface area (Å²) in [6.45, 7) is -0.188. The molecule has 0 spiro atoms. The number of alkyl halides is 1. The summed E-state index contributed by atoms with van der Waals surface area (Å²) in [5.74, 6) is -3.12. The number of ether oxygens (including phenoxy) is 2. The van der Waals surface area contributed by atoms with Crippen LogP contribution in [0, 0.1) is 11.6 Å². The van der Waals surface area contributed by atoms with E-state index >= 15 is 0 Å². The van der Waals surface area contributed by atoms with E-state index in [-0.39, 0.29) is 12.2 Å². The van der Waals surface area contributed by atoms with Crippen molar-refractivity contribution in [2.24, 2.45) is 0 Å². The monoisotopic (exact) mass is 220 g/mol. The topological polar surface area (TPSA) is 35.5 Å². The number of carbonyl (C=O) groups is 1. The number of methoxy groups -OCH3 is 1. The van der Waals surface area contributed by atoms with Gasteiger partial charge in [0, 0.05) is 0 Å². The van der Waals surface area contributed by atoms with E-state index < -0.39 is 23.6 Å². The molecule has 0 fully saturated rings. The average Bonchev–Trinajstić information content (AvgIpc) is 2.22. The zero-order valence-corrected chi connectivity index (χ0v) is 7.67. The Labute approximate surface area is 83.4 Å². The molecule has 0 saturated carbocycles. The normalized spacial score (nSPS) is 12.0. The zero-order chi connectivity index (χ0) is 11.4. The molecule has 15 heavy (non-hydrogen) atoms. The summed E-state index contributed by atoms with van der Waals surface area (Å²) in [4.78, 5) is 9.80. The summed E-state index contributed by atoms with van der Waals surface area (Å²) in [6, 6.07) is 1.97. The molecule has 0 aliphatic rings. The molecule has 1 unspecified atom stereocenters. The maximum atomic E-state index is 13.1. The van der Waals surface area contributed by atoms with Crippen LogP contribution >= 0.6 is 0 Å². The van der Waals surface area contributed by atoms with E-state index in [4.69, 9.17) is 0 Å². The highest BCUT2D eigenvalue weighted by Crippen LogP contribution is 2.28. The highest BCUT2D eigenvalue weighted by atomic mass is 19.2. The summed E-state index contributed by atoms with van der Waals surface area (Å²) in [6.07, 6.45) is -2.33. The molecule has 1 aromatic carbocycles. The van der Waals surface area contributed by atoms with Gasteiger partial charge >= 0.3 is 0 Å². The second-order valence-electron chi connectivity index (χ2n) is 2.53. The maximum Gasteiger partial charge on any atom is 0.295 e. The molecule has 0 aliphatic carbocycles. The van der Waals surface area contributed by atoms with Crippen LogP contribution in [0.15, 0.2) is 12.1 Å². The number of hydrogen-bond donors (Lipinski definition) is 0. The minimum Gasteiger partial charge on any atom is -0.494 e. The molecule has 6 heteroatoms. The molecule has 0 N–H and O–H groups in total. The fourth-order valence-electron chi connectivity index (χ4n) is 1.00. The van der Waals surface area contributed by atoms with E-state index in [1.165, 1.54) is 0 Å². The third kappa shape index (κ3) is 2.20. The van der Waals surface area contributed by atoms with Gasteiger partial charge in [0.2, 0.25) is 5.82 Å². The predicted octanol–water partition coefficient (Wildman–Crippen LogP) is 2.11.